The van der Waals surface area contributed by atoms with E-state index >= 15 is 0 Å². The summed E-state index contributed by atoms with van der Waals surface area (Å²) in [7, 11) is 0. The first kappa shape index (κ1) is 14.8. The molecule has 0 N–H and O–H groups in total. The highest BCUT2D eigenvalue weighted by Gasteiger charge is 2.21. The maximum atomic E-state index is 11.7. The Morgan fingerprint density at radius 1 is 0.727 bits per heavy atom. The number of esters is 2. The van der Waals surface area contributed by atoms with Crippen LogP contribution in [0.4, 0.5) is 0 Å². The van der Waals surface area contributed by atoms with Gasteiger partial charge in [0.1, 0.15) is 23.6 Å². The third-order valence-corrected chi connectivity index (χ3v) is 2.59. The number of hydrogen-bond donors (Lipinski definition) is 0. The first-order valence-corrected chi connectivity index (χ1v) is 6.08. The van der Waals surface area contributed by atoms with Crippen LogP contribution in [-0.2, 0) is 9.59 Å². The molecule has 2 rings (SSSR count). The summed E-state index contributed by atoms with van der Waals surface area (Å²) in [5.74, 6) is -2.65. The van der Waals surface area contributed by atoms with Crippen LogP contribution in [0.5, 0.6) is 11.5 Å². The van der Waals surface area contributed by atoms with Gasteiger partial charge in [-0.05, 0) is 24.3 Å². The summed E-state index contributed by atoms with van der Waals surface area (Å²) < 4.78 is 9.65. The Morgan fingerprint density at radius 2 is 1.09 bits per heavy atom. The van der Waals surface area contributed by atoms with E-state index in [1.807, 2.05) is 12.1 Å². The van der Waals surface area contributed by atoms with Gasteiger partial charge in [-0.15, -0.1) is 0 Å². The third kappa shape index (κ3) is 3.27. The van der Waals surface area contributed by atoms with Crippen molar-refractivity contribution in [3.05, 3.63) is 59.7 Å². The lowest BCUT2D eigenvalue weighted by atomic mass is 10.2. The van der Waals surface area contributed by atoms with Gasteiger partial charge < -0.3 is 9.47 Å². The Kier molecular flexibility index (Phi) is 4.49. The van der Waals surface area contributed by atoms with Crippen molar-refractivity contribution < 1.29 is 19.1 Å². The average molecular weight is 292 g/mol. The van der Waals surface area contributed by atoms with Crippen molar-refractivity contribution in [2.45, 2.75) is 0 Å². The van der Waals surface area contributed by atoms with Crippen LogP contribution >= 0.6 is 0 Å². The Balaban J connectivity index is 2.12. The van der Waals surface area contributed by atoms with Crippen LogP contribution in [0.15, 0.2) is 48.5 Å². The zero-order chi connectivity index (χ0) is 15.9. The first-order valence-electron chi connectivity index (χ1n) is 6.08. The Labute approximate surface area is 125 Å². The van der Waals surface area contributed by atoms with E-state index in [0.29, 0.717) is 0 Å². The van der Waals surface area contributed by atoms with Gasteiger partial charge in [0.2, 0.25) is 0 Å². The number of benzene rings is 2. The van der Waals surface area contributed by atoms with Crippen LogP contribution in [0.1, 0.15) is 11.1 Å². The van der Waals surface area contributed by atoms with Crippen LogP contribution in [0.25, 0.3) is 0 Å². The maximum Gasteiger partial charge on any atom is 0.423 e. The monoisotopic (exact) mass is 292 g/mol. The smallest absolute Gasteiger partial charge is 0.417 e. The molecule has 0 amide bonds. The van der Waals surface area contributed by atoms with Gasteiger partial charge in [-0.2, -0.15) is 10.5 Å². The molecule has 0 fully saturated rings. The van der Waals surface area contributed by atoms with Gasteiger partial charge in [0.15, 0.2) is 0 Å². The van der Waals surface area contributed by atoms with Crippen LogP contribution in [-0.4, -0.2) is 11.9 Å². The summed E-state index contributed by atoms with van der Waals surface area (Å²) in [6, 6.07) is 15.6. The molecule has 0 aliphatic carbocycles. The molecule has 2 aromatic rings. The first-order chi connectivity index (χ1) is 10.7. The Bertz CT molecular complexity index is 746. The molecule has 0 aliphatic heterocycles. The highest BCUT2D eigenvalue weighted by Crippen LogP contribution is 2.19. The number of ether oxygens (including phenoxy) is 2. The number of hydrogen-bond acceptors (Lipinski definition) is 6. The quantitative estimate of drug-likeness (QED) is 0.476. The summed E-state index contributed by atoms with van der Waals surface area (Å²) in [4.78, 5) is 23.4. The molecule has 2 aromatic carbocycles. The highest BCUT2D eigenvalue weighted by atomic mass is 16.6. The van der Waals surface area contributed by atoms with Gasteiger partial charge in [-0.25, -0.2) is 9.59 Å². The number of para-hydroxylation sites is 2. The number of rotatable bonds is 2. The van der Waals surface area contributed by atoms with Gasteiger partial charge in [0, 0.05) is 0 Å². The lowest BCUT2D eigenvalue weighted by Crippen LogP contribution is -2.26. The molecule has 22 heavy (non-hydrogen) atoms. The zero-order valence-electron chi connectivity index (χ0n) is 11.1. The van der Waals surface area contributed by atoms with E-state index < -0.39 is 11.9 Å². The lowest BCUT2D eigenvalue weighted by Gasteiger charge is -2.06. The minimum Gasteiger partial charge on any atom is -0.417 e. The predicted octanol–water partition coefficient (Wildman–Crippen LogP) is 1.94. The van der Waals surface area contributed by atoms with Crippen LogP contribution in [0.3, 0.4) is 0 Å². The van der Waals surface area contributed by atoms with E-state index in [4.69, 9.17) is 20.0 Å². The summed E-state index contributed by atoms with van der Waals surface area (Å²) in [6.07, 6.45) is 0. The van der Waals surface area contributed by atoms with E-state index in [-0.39, 0.29) is 22.6 Å². The standard InChI is InChI=1S/C16H8N2O4/c17-9-11-5-1-3-7-13(11)21-15(19)16(20)22-14-8-4-2-6-12(14)10-18/h1-8H. The lowest BCUT2D eigenvalue weighted by molar-refractivity contribution is -0.156. The fraction of sp³-hybridized carbons (Fsp3) is 0. The molecule has 0 heterocycles. The van der Waals surface area contributed by atoms with Crippen LogP contribution < -0.4 is 9.47 Å². The van der Waals surface area contributed by atoms with Gasteiger partial charge >= 0.3 is 11.9 Å². The van der Waals surface area contributed by atoms with Crippen molar-refractivity contribution in [2.24, 2.45) is 0 Å². The summed E-state index contributed by atoms with van der Waals surface area (Å²) in [6.45, 7) is 0. The van der Waals surface area contributed by atoms with E-state index in [2.05, 4.69) is 0 Å². The molecular weight excluding hydrogens is 284 g/mol. The highest BCUT2D eigenvalue weighted by molar-refractivity contribution is 6.31. The fourth-order valence-electron chi connectivity index (χ4n) is 1.58. The predicted molar refractivity (Wildman–Crippen MR) is 73.6 cm³/mol. The van der Waals surface area contributed by atoms with Gasteiger partial charge in [0.25, 0.3) is 0 Å². The van der Waals surface area contributed by atoms with Gasteiger partial charge in [-0.3, -0.25) is 0 Å². The van der Waals surface area contributed by atoms with Crippen LogP contribution in [0.2, 0.25) is 0 Å². The Hall–Kier alpha value is -3.64. The average Bonchev–Trinajstić information content (AvgIpc) is 2.55. The SMILES string of the molecule is N#Cc1ccccc1OC(=O)C(=O)Oc1ccccc1C#N. The van der Waals surface area contributed by atoms with E-state index in [9.17, 15) is 9.59 Å². The molecule has 0 saturated carbocycles. The normalized spacial score (nSPS) is 9.18. The van der Waals surface area contributed by atoms with Crippen molar-refractivity contribution in [3.8, 4) is 23.6 Å². The van der Waals surface area contributed by atoms with E-state index in [0.717, 1.165) is 0 Å². The maximum absolute atomic E-state index is 11.7. The molecule has 0 saturated heterocycles. The van der Waals surface area contributed by atoms with Crippen molar-refractivity contribution in [1.29, 1.82) is 10.5 Å². The topological polar surface area (TPSA) is 100 Å². The molecular formula is C16H8N2O4. The molecule has 106 valence electrons. The molecule has 0 atom stereocenters. The molecule has 6 nitrogen and oxygen atoms in total. The summed E-state index contributed by atoms with van der Waals surface area (Å²) in [5, 5.41) is 17.8. The van der Waals surface area contributed by atoms with E-state index in [1.165, 1.54) is 24.3 Å². The number of nitriles is 2. The second-order valence-electron chi connectivity index (χ2n) is 3.99. The second-order valence-corrected chi connectivity index (χ2v) is 3.99. The van der Waals surface area contributed by atoms with Crippen LogP contribution in [0, 0.1) is 22.7 Å². The fourth-order valence-corrected chi connectivity index (χ4v) is 1.58. The van der Waals surface area contributed by atoms with E-state index in [1.54, 1.807) is 24.3 Å². The zero-order valence-corrected chi connectivity index (χ0v) is 11.1. The molecule has 0 spiro atoms. The minimum absolute atomic E-state index is 0.0412. The third-order valence-electron chi connectivity index (χ3n) is 2.59. The van der Waals surface area contributed by atoms with Gasteiger partial charge in [0.05, 0.1) is 11.1 Å². The largest absolute Gasteiger partial charge is 0.423 e. The minimum atomic E-state index is -1.28. The molecule has 0 aliphatic rings. The van der Waals surface area contributed by atoms with Crippen molar-refractivity contribution in [3.63, 3.8) is 0 Å². The molecule has 0 radical (unpaired) electrons. The number of carbonyl (C=O) groups excluding carboxylic acids is 2. The van der Waals surface area contributed by atoms with Crippen molar-refractivity contribution >= 4 is 11.9 Å². The molecule has 0 unspecified atom stereocenters. The van der Waals surface area contributed by atoms with Gasteiger partial charge in [-0.1, -0.05) is 24.3 Å². The van der Waals surface area contributed by atoms with Crippen molar-refractivity contribution in [2.75, 3.05) is 0 Å². The Morgan fingerprint density at radius 3 is 1.45 bits per heavy atom. The molecule has 6 heteroatoms. The summed E-state index contributed by atoms with van der Waals surface area (Å²) >= 11 is 0. The molecule has 0 bridgehead atoms. The number of carbonyl (C=O) groups is 2. The second kappa shape index (κ2) is 6.69. The summed E-state index contributed by atoms with van der Waals surface area (Å²) in [5.41, 5.74) is 0.224. The van der Waals surface area contributed by atoms with Crippen molar-refractivity contribution in [1.82, 2.24) is 0 Å². The molecule has 0 aromatic heterocycles. The number of nitrogens with zero attached hydrogens (tertiary/aromatic N) is 2.